The number of benzene rings is 2. The highest BCUT2D eigenvalue weighted by Crippen LogP contribution is 2.26. The standard InChI is InChI=1S/C20H21N3O4S/c1-14-10-11-16(12-14)21-22-20(24)15-6-5-7-17(13-15)28(25,26)23-18-8-3-4-9-19(18)27-2/h3-9,11-13,21,23H,10H2,1-2H3,(H,22,24). The first-order valence-corrected chi connectivity index (χ1v) is 10.1. The maximum absolute atomic E-state index is 12.7. The Kier molecular flexibility index (Phi) is 5.70. The van der Waals surface area contributed by atoms with E-state index in [2.05, 4.69) is 15.6 Å². The highest BCUT2D eigenvalue weighted by atomic mass is 32.2. The van der Waals surface area contributed by atoms with E-state index in [9.17, 15) is 13.2 Å². The third-order valence-electron chi connectivity index (χ3n) is 4.12. The van der Waals surface area contributed by atoms with Gasteiger partial charge in [0.15, 0.2) is 0 Å². The van der Waals surface area contributed by atoms with Gasteiger partial charge in [0.1, 0.15) is 5.75 Å². The predicted molar refractivity (Wildman–Crippen MR) is 107 cm³/mol. The predicted octanol–water partition coefficient (Wildman–Crippen LogP) is 2.96. The molecule has 7 nitrogen and oxygen atoms in total. The number of amides is 1. The first-order valence-electron chi connectivity index (χ1n) is 8.58. The van der Waals surface area contributed by atoms with Crippen molar-refractivity contribution in [3.8, 4) is 5.75 Å². The van der Waals surface area contributed by atoms with Crippen molar-refractivity contribution in [3.63, 3.8) is 0 Å². The SMILES string of the molecule is COc1ccccc1NS(=O)(=O)c1cccc(C(=O)NNC2=CCC(C)=C2)c1. The summed E-state index contributed by atoms with van der Waals surface area (Å²) in [5.74, 6) is -0.0365. The molecule has 0 unspecified atom stereocenters. The van der Waals surface area contributed by atoms with E-state index < -0.39 is 15.9 Å². The third kappa shape index (κ3) is 4.52. The van der Waals surface area contributed by atoms with Crippen LogP contribution in [0.25, 0.3) is 0 Å². The molecule has 0 heterocycles. The molecule has 8 heteroatoms. The van der Waals surface area contributed by atoms with Crippen LogP contribution in [0.2, 0.25) is 0 Å². The number of carbonyl (C=O) groups is 1. The van der Waals surface area contributed by atoms with Crippen molar-refractivity contribution < 1.29 is 17.9 Å². The third-order valence-corrected chi connectivity index (χ3v) is 5.49. The van der Waals surface area contributed by atoms with E-state index in [1.165, 1.54) is 30.9 Å². The number of para-hydroxylation sites is 2. The first-order chi connectivity index (χ1) is 13.4. The molecule has 0 aliphatic heterocycles. The van der Waals surface area contributed by atoms with E-state index in [0.717, 1.165) is 12.1 Å². The van der Waals surface area contributed by atoms with Crippen molar-refractivity contribution in [2.45, 2.75) is 18.2 Å². The smallest absolute Gasteiger partial charge is 0.269 e. The minimum Gasteiger partial charge on any atom is -0.495 e. The summed E-state index contributed by atoms with van der Waals surface area (Å²) >= 11 is 0. The molecule has 0 bridgehead atoms. The summed E-state index contributed by atoms with van der Waals surface area (Å²) in [7, 11) is -2.43. The van der Waals surface area contributed by atoms with Crippen LogP contribution < -0.4 is 20.3 Å². The molecular weight excluding hydrogens is 378 g/mol. The number of anilines is 1. The number of hydrogen-bond acceptors (Lipinski definition) is 5. The van der Waals surface area contributed by atoms with E-state index >= 15 is 0 Å². The summed E-state index contributed by atoms with van der Waals surface area (Å²) < 4.78 is 33.1. The van der Waals surface area contributed by atoms with Gasteiger partial charge in [-0.05, 0) is 49.8 Å². The maximum Gasteiger partial charge on any atom is 0.269 e. The maximum atomic E-state index is 12.7. The fraction of sp³-hybridized carbons (Fsp3) is 0.150. The second-order valence-electron chi connectivity index (χ2n) is 6.27. The largest absolute Gasteiger partial charge is 0.495 e. The monoisotopic (exact) mass is 399 g/mol. The lowest BCUT2D eigenvalue weighted by molar-refractivity contribution is 0.0939. The van der Waals surface area contributed by atoms with Crippen LogP contribution >= 0.6 is 0 Å². The molecule has 1 amide bonds. The molecular formula is C20H21N3O4S. The molecule has 0 aromatic heterocycles. The molecule has 0 fully saturated rings. The summed E-state index contributed by atoms with van der Waals surface area (Å²) in [5.41, 5.74) is 7.92. The van der Waals surface area contributed by atoms with Crippen LogP contribution in [0.1, 0.15) is 23.7 Å². The van der Waals surface area contributed by atoms with Crippen molar-refractivity contribution in [1.29, 1.82) is 0 Å². The van der Waals surface area contributed by atoms with E-state index in [1.807, 2.05) is 19.1 Å². The van der Waals surface area contributed by atoms with Gasteiger partial charge >= 0.3 is 0 Å². The van der Waals surface area contributed by atoms with Gasteiger partial charge in [-0.2, -0.15) is 0 Å². The number of hydrogen-bond donors (Lipinski definition) is 3. The normalized spacial score (nSPS) is 13.4. The Morgan fingerprint density at radius 2 is 1.89 bits per heavy atom. The van der Waals surface area contributed by atoms with Gasteiger partial charge < -0.3 is 4.74 Å². The lowest BCUT2D eigenvalue weighted by Crippen LogP contribution is -2.36. The molecule has 0 radical (unpaired) electrons. The summed E-state index contributed by atoms with van der Waals surface area (Å²) in [6, 6.07) is 12.5. The van der Waals surface area contributed by atoms with E-state index in [0.29, 0.717) is 11.4 Å². The Morgan fingerprint density at radius 1 is 1.11 bits per heavy atom. The zero-order valence-corrected chi connectivity index (χ0v) is 16.3. The molecule has 1 aliphatic carbocycles. The van der Waals surface area contributed by atoms with Gasteiger partial charge in [-0.15, -0.1) is 0 Å². The molecule has 2 aromatic rings. The van der Waals surface area contributed by atoms with Crippen LogP contribution in [0, 0.1) is 0 Å². The lowest BCUT2D eigenvalue weighted by atomic mass is 10.2. The number of methoxy groups -OCH3 is 1. The summed E-state index contributed by atoms with van der Waals surface area (Å²) in [4.78, 5) is 12.3. The van der Waals surface area contributed by atoms with Gasteiger partial charge in [0, 0.05) is 5.56 Å². The molecule has 28 heavy (non-hydrogen) atoms. The highest BCUT2D eigenvalue weighted by Gasteiger charge is 2.18. The van der Waals surface area contributed by atoms with Gasteiger partial charge in [0.2, 0.25) is 0 Å². The van der Waals surface area contributed by atoms with E-state index in [4.69, 9.17) is 4.74 Å². The van der Waals surface area contributed by atoms with Crippen LogP contribution in [0.4, 0.5) is 5.69 Å². The van der Waals surface area contributed by atoms with Gasteiger partial charge in [0.25, 0.3) is 15.9 Å². The average molecular weight is 399 g/mol. The fourth-order valence-corrected chi connectivity index (χ4v) is 3.80. The summed E-state index contributed by atoms with van der Waals surface area (Å²) in [5, 5.41) is 0. The summed E-state index contributed by atoms with van der Waals surface area (Å²) in [6.45, 7) is 2.00. The number of ether oxygens (including phenoxy) is 1. The van der Waals surface area contributed by atoms with Crippen molar-refractivity contribution in [2.24, 2.45) is 0 Å². The molecule has 146 valence electrons. The van der Waals surface area contributed by atoms with Crippen LogP contribution in [-0.2, 0) is 10.0 Å². The zero-order chi connectivity index (χ0) is 20.1. The number of nitrogens with one attached hydrogen (secondary N) is 3. The molecule has 2 aromatic carbocycles. The number of rotatable bonds is 7. The lowest BCUT2D eigenvalue weighted by Gasteiger charge is -2.12. The van der Waals surface area contributed by atoms with Gasteiger partial charge in [-0.1, -0.05) is 29.8 Å². The Morgan fingerprint density at radius 3 is 2.61 bits per heavy atom. The highest BCUT2D eigenvalue weighted by molar-refractivity contribution is 7.92. The van der Waals surface area contributed by atoms with Crippen molar-refractivity contribution in [2.75, 3.05) is 11.8 Å². The van der Waals surface area contributed by atoms with Gasteiger partial charge in [0.05, 0.1) is 23.4 Å². The molecule has 3 rings (SSSR count). The number of carbonyl (C=O) groups excluding carboxylic acids is 1. The first kappa shape index (κ1) is 19.5. The second-order valence-corrected chi connectivity index (χ2v) is 7.95. The Bertz CT molecular complexity index is 1060. The molecule has 1 aliphatic rings. The van der Waals surface area contributed by atoms with Crippen molar-refractivity contribution in [3.05, 3.63) is 77.5 Å². The Labute approximate surface area is 164 Å². The molecule has 0 spiro atoms. The fourth-order valence-electron chi connectivity index (χ4n) is 2.68. The van der Waals surface area contributed by atoms with Crippen LogP contribution in [0.15, 0.2) is 76.8 Å². The summed E-state index contributed by atoms with van der Waals surface area (Å²) in [6.07, 6.45) is 4.71. The van der Waals surface area contributed by atoms with E-state index in [1.54, 1.807) is 30.3 Å². The average Bonchev–Trinajstić information content (AvgIpc) is 3.11. The second kappa shape index (κ2) is 8.18. The number of sulfonamides is 1. The molecule has 0 saturated heterocycles. The minimum atomic E-state index is -3.89. The molecule has 3 N–H and O–H groups in total. The topological polar surface area (TPSA) is 96.5 Å². The Hall–Kier alpha value is -3.26. The van der Waals surface area contributed by atoms with E-state index in [-0.39, 0.29) is 10.5 Å². The van der Waals surface area contributed by atoms with Crippen molar-refractivity contribution >= 4 is 21.6 Å². The van der Waals surface area contributed by atoms with Crippen LogP contribution in [0.5, 0.6) is 5.75 Å². The van der Waals surface area contributed by atoms with Crippen molar-refractivity contribution in [1.82, 2.24) is 10.9 Å². The van der Waals surface area contributed by atoms with Gasteiger partial charge in [-0.3, -0.25) is 20.4 Å². The Balaban J connectivity index is 1.75. The van der Waals surface area contributed by atoms with Crippen LogP contribution in [-0.4, -0.2) is 21.4 Å². The zero-order valence-electron chi connectivity index (χ0n) is 15.5. The quantitative estimate of drug-likeness (QED) is 0.622. The minimum absolute atomic E-state index is 0.0260. The van der Waals surface area contributed by atoms with Crippen LogP contribution in [0.3, 0.4) is 0 Å². The molecule has 0 saturated carbocycles. The van der Waals surface area contributed by atoms with Gasteiger partial charge in [-0.25, -0.2) is 8.42 Å². The number of allylic oxidation sites excluding steroid dienone is 3. The molecule has 0 atom stereocenters. The number of hydrazine groups is 1.